The molecule has 2 heterocycles. The van der Waals surface area contributed by atoms with Gasteiger partial charge >= 0.3 is 5.69 Å². The Balaban J connectivity index is 1.33. The van der Waals surface area contributed by atoms with Crippen LogP contribution in [0.2, 0.25) is 0 Å². The fourth-order valence-corrected chi connectivity index (χ4v) is 4.83. The maximum atomic E-state index is 12.5. The van der Waals surface area contributed by atoms with E-state index in [2.05, 4.69) is 50.0 Å². The molecule has 39 heavy (non-hydrogen) atoms. The van der Waals surface area contributed by atoms with E-state index in [0.717, 1.165) is 5.56 Å². The number of rotatable bonds is 8. The van der Waals surface area contributed by atoms with Crippen LogP contribution in [0.15, 0.2) is 91.3 Å². The first-order valence-corrected chi connectivity index (χ1v) is 12.7. The van der Waals surface area contributed by atoms with Gasteiger partial charge in [-0.1, -0.05) is 78.4 Å². The number of anilines is 2. The zero-order chi connectivity index (χ0) is 27.2. The quantitative estimate of drug-likeness (QED) is 0.259. The van der Waals surface area contributed by atoms with Gasteiger partial charge < -0.3 is 4.90 Å². The molecule has 0 unspecified atom stereocenters. The lowest BCUT2D eigenvalue weighted by Crippen LogP contribution is -2.48. The second kappa shape index (κ2) is 11.7. The van der Waals surface area contributed by atoms with Gasteiger partial charge in [-0.2, -0.15) is 0 Å². The molecule has 4 aromatic rings. The van der Waals surface area contributed by atoms with Gasteiger partial charge in [-0.05, 0) is 30.2 Å². The minimum Gasteiger partial charge on any atom is -0.348 e. The number of aromatic nitrogens is 2. The normalized spacial score (nSPS) is 13.7. The van der Waals surface area contributed by atoms with E-state index in [1.54, 1.807) is 12.1 Å². The van der Waals surface area contributed by atoms with E-state index in [1.165, 1.54) is 17.5 Å². The number of hydrogen-bond donors (Lipinski definition) is 2. The Labute approximate surface area is 226 Å². The van der Waals surface area contributed by atoms with Crippen molar-refractivity contribution in [3.05, 3.63) is 124 Å². The van der Waals surface area contributed by atoms with Gasteiger partial charge in [-0.25, -0.2) is 9.97 Å². The van der Waals surface area contributed by atoms with Crippen LogP contribution in [0.5, 0.6) is 0 Å². The van der Waals surface area contributed by atoms with Gasteiger partial charge in [0.2, 0.25) is 11.6 Å². The summed E-state index contributed by atoms with van der Waals surface area (Å²) in [5.74, 6) is -0.275. The molecule has 1 saturated heterocycles. The average molecular weight is 524 g/mol. The highest BCUT2D eigenvalue weighted by Gasteiger charge is 2.32. The first kappa shape index (κ1) is 25.8. The SMILES string of the molecule is Cc1ccc(C(=O)NNc2ncnc(N3CCN(C(c4ccccc4)c4ccccc4)CC3)c2[N+](=O)[O-])cc1. The summed E-state index contributed by atoms with van der Waals surface area (Å²) in [6.07, 6.45) is 1.27. The van der Waals surface area contributed by atoms with Gasteiger partial charge in [0.05, 0.1) is 11.0 Å². The van der Waals surface area contributed by atoms with E-state index in [-0.39, 0.29) is 23.4 Å². The van der Waals surface area contributed by atoms with Crippen molar-refractivity contribution in [3.63, 3.8) is 0 Å². The topological polar surface area (TPSA) is 117 Å². The molecule has 0 spiro atoms. The van der Waals surface area contributed by atoms with Crippen LogP contribution >= 0.6 is 0 Å². The number of amides is 1. The molecule has 0 bridgehead atoms. The third-order valence-electron chi connectivity index (χ3n) is 6.80. The fourth-order valence-electron chi connectivity index (χ4n) is 4.83. The zero-order valence-electron chi connectivity index (χ0n) is 21.5. The predicted molar refractivity (Wildman–Crippen MR) is 149 cm³/mol. The Morgan fingerprint density at radius 2 is 1.46 bits per heavy atom. The van der Waals surface area contributed by atoms with Crippen molar-refractivity contribution in [2.75, 3.05) is 36.5 Å². The number of nitrogens with one attached hydrogen (secondary N) is 2. The fraction of sp³-hybridized carbons (Fsp3) is 0.207. The monoisotopic (exact) mass is 523 g/mol. The van der Waals surface area contributed by atoms with Crippen LogP contribution in [0.3, 0.4) is 0 Å². The molecule has 3 aromatic carbocycles. The average Bonchev–Trinajstić information content (AvgIpc) is 2.97. The number of aryl methyl sites for hydroxylation is 1. The summed E-state index contributed by atoms with van der Waals surface area (Å²) in [4.78, 5) is 36.7. The summed E-state index contributed by atoms with van der Waals surface area (Å²) in [5.41, 5.74) is 8.69. The lowest BCUT2D eigenvalue weighted by Gasteiger charge is -2.40. The van der Waals surface area contributed by atoms with Crippen molar-refractivity contribution in [3.8, 4) is 0 Å². The minimum atomic E-state index is -0.515. The molecule has 1 aliphatic rings. The Hall–Kier alpha value is -4.83. The van der Waals surface area contributed by atoms with E-state index < -0.39 is 10.8 Å². The molecule has 1 fully saturated rings. The highest BCUT2D eigenvalue weighted by molar-refractivity contribution is 5.95. The minimum absolute atomic E-state index is 0.0701. The molecule has 0 radical (unpaired) electrons. The van der Waals surface area contributed by atoms with Crippen molar-refractivity contribution in [1.29, 1.82) is 0 Å². The van der Waals surface area contributed by atoms with Crippen LogP contribution in [-0.4, -0.2) is 51.9 Å². The van der Waals surface area contributed by atoms with Crippen molar-refractivity contribution >= 4 is 23.2 Å². The number of nitro groups is 1. The van der Waals surface area contributed by atoms with Crippen molar-refractivity contribution in [2.24, 2.45) is 0 Å². The van der Waals surface area contributed by atoms with Gasteiger partial charge in [-0.3, -0.25) is 30.7 Å². The molecule has 10 heteroatoms. The Kier molecular flexibility index (Phi) is 7.74. The van der Waals surface area contributed by atoms with Crippen molar-refractivity contribution < 1.29 is 9.72 Å². The van der Waals surface area contributed by atoms with Crippen LogP contribution in [0.1, 0.15) is 33.1 Å². The van der Waals surface area contributed by atoms with Gasteiger partial charge in [0.1, 0.15) is 6.33 Å². The summed E-state index contributed by atoms with van der Waals surface area (Å²) in [7, 11) is 0. The molecule has 0 atom stereocenters. The van der Waals surface area contributed by atoms with Crippen LogP contribution < -0.4 is 15.8 Å². The molecular weight excluding hydrogens is 494 g/mol. The smallest absolute Gasteiger partial charge is 0.348 e. The molecule has 1 aromatic heterocycles. The third kappa shape index (κ3) is 5.86. The number of carbonyl (C=O) groups is 1. The van der Waals surface area contributed by atoms with Crippen LogP contribution in [0.25, 0.3) is 0 Å². The van der Waals surface area contributed by atoms with Crippen LogP contribution in [-0.2, 0) is 0 Å². The lowest BCUT2D eigenvalue weighted by atomic mass is 9.96. The van der Waals surface area contributed by atoms with E-state index >= 15 is 0 Å². The van der Waals surface area contributed by atoms with Crippen molar-refractivity contribution in [2.45, 2.75) is 13.0 Å². The van der Waals surface area contributed by atoms with E-state index in [1.807, 2.05) is 60.4 Å². The summed E-state index contributed by atoms with van der Waals surface area (Å²) in [6, 6.07) is 27.8. The highest BCUT2D eigenvalue weighted by atomic mass is 16.6. The number of hydrogen-bond acceptors (Lipinski definition) is 8. The van der Waals surface area contributed by atoms with E-state index in [4.69, 9.17) is 0 Å². The number of piperazine rings is 1. The van der Waals surface area contributed by atoms with Gasteiger partial charge in [0.15, 0.2) is 0 Å². The van der Waals surface area contributed by atoms with Crippen molar-refractivity contribution in [1.82, 2.24) is 20.3 Å². The molecular formula is C29H29N7O3. The van der Waals surface area contributed by atoms with Crippen LogP contribution in [0, 0.1) is 17.0 Å². The maximum Gasteiger partial charge on any atom is 0.355 e. The number of nitrogens with zero attached hydrogens (tertiary/aromatic N) is 5. The molecule has 5 rings (SSSR count). The van der Waals surface area contributed by atoms with E-state index in [9.17, 15) is 14.9 Å². The number of carbonyl (C=O) groups excluding carboxylic acids is 1. The molecule has 10 nitrogen and oxygen atoms in total. The molecule has 1 aliphatic heterocycles. The molecule has 0 aliphatic carbocycles. The predicted octanol–water partition coefficient (Wildman–Crippen LogP) is 4.36. The van der Waals surface area contributed by atoms with Gasteiger partial charge in [0, 0.05) is 31.7 Å². The molecule has 2 N–H and O–H groups in total. The molecule has 0 saturated carbocycles. The third-order valence-corrected chi connectivity index (χ3v) is 6.80. The highest BCUT2D eigenvalue weighted by Crippen LogP contribution is 2.34. The summed E-state index contributed by atoms with van der Waals surface area (Å²) >= 11 is 0. The Morgan fingerprint density at radius 1 is 0.872 bits per heavy atom. The Morgan fingerprint density at radius 3 is 2.03 bits per heavy atom. The first-order chi connectivity index (χ1) is 19.0. The second-order valence-electron chi connectivity index (χ2n) is 9.34. The first-order valence-electron chi connectivity index (χ1n) is 12.7. The standard InChI is InChI=1S/C29H29N7O3/c1-21-12-14-24(15-13-21)29(37)33-32-27-26(36(38)39)28(31-20-30-27)35-18-16-34(17-19-35)25(22-8-4-2-5-9-22)23-10-6-3-7-11-23/h2-15,20,25H,16-19H2,1H3,(H,33,37)(H,30,31,32). The zero-order valence-corrected chi connectivity index (χ0v) is 21.5. The molecule has 198 valence electrons. The maximum absolute atomic E-state index is 12.5. The number of hydrazine groups is 1. The second-order valence-corrected chi connectivity index (χ2v) is 9.34. The number of benzene rings is 3. The Bertz CT molecular complexity index is 1390. The summed E-state index contributed by atoms with van der Waals surface area (Å²) in [6.45, 7) is 4.38. The molecule has 1 amide bonds. The van der Waals surface area contributed by atoms with Gasteiger partial charge in [-0.15, -0.1) is 0 Å². The van der Waals surface area contributed by atoms with E-state index in [0.29, 0.717) is 31.7 Å². The largest absolute Gasteiger partial charge is 0.355 e. The summed E-state index contributed by atoms with van der Waals surface area (Å²) < 4.78 is 0. The van der Waals surface area contributed by atoms with Gasteiger partial charge in [0.25, 0.3) is 5.91 Å². The summed E-state index contributed by atoms with van der Waals surface area (Å²) in [5, 5.41) is 12.1. The van der Waals surface area contributed by atoms with Crippen LogP contribution in [0.4, 0.5) is 17.3 Å². The lowest BCUT2D eigenvalue weighted by molar-refractivity contribution is -0.383.